The smallest absolute Gasteiger partial charge is 0.238 e. The van der Waals surface area contributed by atoms with Gasteiger partial charge in [-0.1, -0.05) is 66.2 Å². The van der Waals surface area contributed by atoms with Crippen molar-refractivity contribution in [2.24, 2.45) is 0 Å². The third-order valence-corrected chi connectivity index (χ3v) is 6.43. The minimum atomic E-state index is -0.446. The van der Waals surface area contributed by atoms with Crippen LogP contribution in [0.5, 0.6) is 0 Å². The third kappa shape index (κ3) is 3.77. The number of thioether (sulfide) groups is 1. The largest absolute Gasteiger partial charge is 0.325 e. The van der Waals surface area contributed by atoms with Gasteiger partial charge in [0.15, 0.2) is 0 Å². The lowest BCUT2D eigenvalue weighted by Gasteiger charge is -2.14. The van der Waals surface area contributed by atoms with Gasteiger partial charge < -0.3 is 5.32 Å². The van der Waals surface area contributed by atoms with Crippen LogP contribution in [0.4, 0.5) is 5.69 Å². The van der Waals surface area contributed by atoms with Gasteiger partial charge in [-0.2, -0.15) is 5.26 Å². The summed E-state index contributed by atoms with van der Waals surface area (Å²) in [4.78, 5) is 13.8. The number of hydrogen-bond acceptors (Lipinski definition) is 3. The summed E-state index contributed by atoms with van der Waals surface area (Å²) in [6.07, 6.45) is 0.725. The maximum absolute atomic E-state index is 12.7. The van der Waals surface area contributed by atoms with E-state index < -0.39 is 5.92 Å². The van der Waals surface area contributed by atoms with Crippen molar-refractivity contribution in [2.75, 3.05) is 5.32 Å². The summed E-state index contributed by atoms with van der Waals surface area (Å²) in [5.41, 5.74) is 3.47. The van der Waals surface area contributed by atoms with Crippen molar-refractivity contribution in [3.8, 4) is 6.07 Å². The molecule has 0 saturated carbocycles. The minimum Gasteiger partial charge on any atom is -0.325 e. The first kappa shape index (κ1) is 18.6. The van der Waals surface area contributed by atoms with E-state index in [0.29, 0.717) is 10.7 Å². The zero-order chi connectivity index (χ0) is 19.5. The summed E-state index contributed by atoms with van der Waals surface area (Å²) in [6, 6.07) is 25.3. The van der Waals surface area contributed by atoms with Gasteiger partial charge in [0.05, 0.1) is 17.2 Å². The van der Waals surface area contributed by atoms with Crippen molar-refractivity contribution in [1.29, 1.82) is 5.26 Å². The second kappa shape index (κ2) is 8.10. The highest BCUT2D eigenvalue weighted by Gasteiger charge is 2.28. The predicted molar refractivity (Wildman–Crippen MR) is 114 cm³/mol. The van der Waals surface area contributed by atoms with E-state index in [4.69, 9.17) is 11.6 Å². The quantitative estimate of drug-likeness (QED) is 0.611. The van der Waals surface area contributed by atoms with Gasteiger partial charge in [0.1, 0.15) is 0 Å². The first-order valence-electron chi connectivity index (χ1n) is 8.95. The Morgan fingerprint density at radius 3 is 2.57 bits per heavy atom. The normalized spacial score (nSPS) is 16.1. The molecule has 28 heavy (non-hydrogen) atoms. The number of nitriles is 1. The van der Waals surface area contributed by atoms with Gasteiger partial charge in [-0.05, 0) is 41.3 Å². The molecule has 1 aliphatic rings. The summed E-state index contributed by atoms with van der Waals surface area (Å²) in [5, 5.41) is 12.9. The highest BCUT2D eigenvalue weighted by molar-refractivity contribution is 8.01. The van der Waals surface area contributed by atoms with Crippen LogP contribution >= 0.6 is 23.4 Å². The number of hydrogen-bond donors (Lipinski definition) is 1. The number of benzene rings is 3. The topological polar surface area (TPSA) is 52.9 Å². The van der Waals surface area contributed by atoms with E-state index in [1.54, 1.807) is 23.9 Å². The first-order valence-corrected chi connectivity index (χ1v) is 10.2. The number of amides is 1. The SMILES string of the molecule is N#C[C@H](c1ccccc1)c1ccc(NC(=O)[C@@H]2Cc3ccccc3S2)cc1Cl. The summed E-state index contributed by atoms with van der Waals surface area (Å²) in [6.45, 7) is 0. The van der Waals surface area contributed by atoms with E-state index >= 15 is 0 Å². The molecule has 5 heteroatoms. The highest BCUT2D eigenvalue weighted by atomic mass is 35.5. The molecule has 1 aliphatic heterocycles. The number of fused-ring (bicyclic) bond motifs is 1. The van der Waals surface area contributed by atoms with Crippen LogP contribution in [0, 0.1) is 11.3 Å². The molecule has 0 aromatic heterocycles. The monoisotopic (exact) mass is 404 g/mol. The maximum atomic E-state index is 12.7. The van der Waals surface area contributed by atoms with Gasteiger partial charge in [0.2, 0.25) is 5.91 Å². The Labute approximate surface area is 173 Å². The first-order chi connectivity index (χ1) is 13.7. The van der Waals surface area contributed by atoms with E-state index in [-0.39, 0.29) is 11.2 Å². The fourth-order valence-electron chi connectivity index (χ4n) is 3.36. The molecule has 0 aliphatic carbocycles. The molecule has 4 rings (SSSR count). The lowest BCUT2D eigenvalue weighted by molar-refractivity contribution is -0.115. The molecule has 0 bridgehead atoms. The van der Waals surface area contributed by atoms with Crippen molar-refractivity contribution < 1.29 is 4.79 Å². The summed E-state index contributed by atoms with van der Waals surface area (Å²) in [5.74, 6) is -0.483. The molecule has 1 amide bonds. The van der Waals surface area contributed by atoms with Gasteiger partial charge in [0, 0.05) is 15.6 Å². The lowest BCUT2D eigenvalue weighted by Crippen LogP contribution is -2.24. The van der Waals surface area contributed by atoms with Gasteiger partial charge in [-0.25, -0.2) is 0 Å². The zero-order valence-electron chi connectivity index (χ0n) is 14.9. The molecule has 3 aromatic carbocycles. The second-order valence-electron chi connectivity index (χ2n) is 6.62. The molecule has 0 fully saturated rings. The molecule has 1 N–H and O–H groups in total. The summed E-state index contributed by atoms with van der Waals surface area (Å²) < 4.78 is 0. The second-order valence-corrected chi connectivity index (χ2v) is 8.27. The average Bonchev–Trinajstić information content (AvgIpc) is 3.15. The van der Waals surface area contributed by atoms with Crippen molar-refractivity contribution in [1.82, 2.24) is 0 Å². The number of rotatable bonds is 4. The van der Waals surface area contributed by atoms with Crippen molar-refractivity contribution in [2.45, 2.75) is 22.5 Å². The lowest BCUT2D eigenvalue weighted by atomic mass is 9.92. The molecule has 0 radical (unpaired) electrons. The molecular weight excluding hydrogens is 388 g/mol. The average molecular weight is 405 g/mol. The molecule has 3 aromatic rings. The fourth-order valence-corrected chi connectivity index (χ4v) is 4.84. The van der Waals surface area contributed by atoms with Crippen LogP contribution in [0.1, 0.15) is 22.6 Å². The van der Waals surface area contributed by atoms with Crippen LogP contribution in [0.15, 0.2) is 77.7 Å². The van der Waals surface area contributed by atoms with Gasteiger partial charge in [-0.15, -0.1) is 11.8 Å². The molecule has 1 heterocycles. The van der Waals surface area contributed by atoms with E-state index in [9.17, 15) is 10.1 Å². The van der Waals surface area contributed by atoms with E-state index in [2.05, 4.69) is 17.5 Å². The number of nitrogens with zero attached hydrogens (tertiary/aromatic N) is 1. The molecule has 3 nitrogen and oxygen atoms in total. The number of carbonyl (C=O) groups excluding carboxylic acids is 1. The Bertz CT molecular complexity index is 1040. The Morgan fingerprint density at radius 2 is 1.86 bits per heavy atom. The molecule has 0 saturated heterocycles. The predicted octanol–water partition coefficient (Wildman–Crippen LogP) is 5.65. The fraction of sp³-hybridized carbons (Fsp3) is 0.130. The van der Waals surface area contributed by atoms with Crippen molar-refractivity contribution >= 4 is 35.0 Å². The molecule has 138 valence electrons. The van der Waals surface area contributed by atoms with E-state index in [0.717, 1.165) is 22.4 Å². The zero-order valence-corrected chi connectivity index (χ0v) is 16.5. The Kier molecular flexibility index (Phi) is 5.38. The van der Waals surface area contributed by atoms with Gasteiger partial charge in [-0.3, -0.25) is 4.79 Å². The van der Waals surface area contributed by atoms with Crippen LogP contribution in [-0.2, 0) is 11.2 Å². The number of carbonyl (C=O) groups is 1. The van der Waals surface area contributed by atoms with Crippen LogP contribution in [0.3, 0.4) is 0 Å². The van der Waals surface area contributed by atoms with Crippen LogP contribution in [0.2, 0.25) is 5.02 Å². The van der Waals surface area contributed by atoms with E-state index in [1.165, 1.54) is 5.56 Å². The summed E-state index contributed by atoms with van der Waals surface area (Å²) >= 11 is 8.05. The summed E-state index contributed by atoms with van der Waals surface area (Å²) in [7, 11) is 0. The van der Waals surface area contributed by atoms with Gasteiger partial charge >= 0.3 is 0 Å². The molecule has 2 atom stereocenters. The Balaban J connectivity index is 1.49. The number of halogens is 1. The number of nitrogens with one attached hydrogen (secondary N) is 1. The van der Waals surface area contributed by atoms with Crippen molar-refractivity contribution in [3.05, 3.63) is 94.5 Å². The van der Waals surface area contributed by atoms with Crippen molar-refractivity contribution in [3.63, 3.8) is 0 Å². The molecule has 0 unspecified atom stereocenters. The number of anilines is 1. The van der Waals surface area contributed by atoms with Crippen LogP contribution < -0.4 is 5.32 Å². The standard InChI is InChI=1S/C23H17ClN2OS/c24-20-13-17(10-11-18(20)19(14-25)15-6-2-1-3-7-15)26-23(27)22-12-16-8-4-5-9-21(16)28-22/h1-11,13,19,22H,12H2,(H,26,27)/t19-,22+/m1/s1. The Morgan fingerprint density at radius 1 is 1.11 bits per heavy atom. The van der Waals surface area contributed by atoms with Gasteiger partial charge in [0.25, 0.3) is 0 Å². The third-order valence-electron chi connectivity index (χ3n) is 4.78. The van der Waals surface area contributed by atoms with Crippen LogP contribution in [-0.4, -0.2) is 11.2 Å². The van der Waals surface area contributed by atoms with Crippen LogP contribution in [0.25, 0.3) is 0 Å². The molecule has 0 spiro atoms. The minimum absolute atomic E-state index is 0.0371. The highest BCUT2D eigenvalue weighted by Crippen LogP contribution is 2.37. The maximum Gasteiger partial charge on any atom is 0.238 e. The molecular formula is C23H17ClN2OS. The van der Waals surface area contributed by atoms with E-state index in [1.807, 2.05) is 54.6 Å². The Hall–Kier alpha value is -2.74.